The van der Waals surface area contributed by atoms with Crippen molar-refractivity contribution < 1.29 is 0 Å². The van der Waals surface area contributed by atoms with Crippen molar-refractivity contribution in [3.63, 3.8) is 0 Å². The summed E-state index contributed by atoms with van der Waals surface area (Å²) in [7, 11) is 0. The number of hydrogen-bond acceptors (Lipinski definition) is 5. The minimum atomic E-state index is -0.196. The Morgan fingerprint density at radius 1 is 1.00 bits per heavy atom. The second-order valence-electron chi connectivity index (χ2n) is 3.74. The van der Waals surface area contributed by atoms with Crippen molar-refractivity contribution in [2.45, 2.75) is 33.2 Å². The van der Waals surface area contributed by atoms with Crippen molar-refractivity contribution in [1.82, 2.24) is 15.0 Å². The third kappa shape index (κ3) is 3.59. The van der Waals surface area contributed by atoms with Gasteiger partial charge < -0.3 is 9.80 Å². The molecule has 1 aromatic heterocycles. The Morgan fingerprint density at radius 2 is 1.56 bits per heavy atom. The van der Waals surface area contributed by atoms with Crippen LogP contribution in [0.2, 0.25) is 5.28 Å². The van der Waals surface area contributed by atoms with Crippen LogP contribution in [0.3, 0.4) is 0 Å². The molecule has 0 saturated carbocycles. The molecule has 0 N–H and O–H groups in total. The quantitative estimate of drug-likeness (QED) is 0.596. The van der Waals surface area contributed by atoms with Crippen molar-refractivity contribution in [3.8, 4) is 0 Å². The summed E-state index contributed by atoms with van der Waals surface area (Å²) < 4.78 is 0. The van der Waals surface area contributed by atoms with Gasteiger partial charge in [-0.2, -0.15) is 15.0 Å². The largest absolute Gasteiger partial charge is 0.341 e. The Bertz CT molecular complexity index is 382. The van der Waals surface area contributed by atoms with Gasteiger partial charge in [0.25, 0.3) is 0 Å². The molecule has 1 atom stereocenters. The number of aromatic nitrogens is 3. The van der Waals surface area contributed by atoms with Crippen LogP contribution in [-0.2, 0) is 0 Å². The zero-order valence-corrected chi connectivity index (χ0v) is 12.7. The topological polar surface area (TPSA) is 45.2 Å². The monoisotopic (exact) mass is 291 g/mol. The average molecular weight is 292 g/mol. The average Bonchev–Trinajstić information content (AvgIpc) is 2.30. The third-order valence-electron chi connectivity index (χ3n) is 2.66. The molecule has 18 heavy (non-hydrogen) atoms. The number of rotatable bonds is 6. The summed E-state index contributed by atoms with van der Waals surface area (Å²) in [6.45, 7) is 10.3. The first-order valence-corrected chi connectivity index (χ1v) is 6.92. The minimum Gasteiger partial charge on any atom is -0.341 e. The molecule has 0 spiro atoms. The molecule has 0 radical (unpaired) electrons. The maximum atomic E-state index is 6.10. The molecule has 0 saturated heterocycles. The van der Waals surface area contributed by atoms with E-state index in [1.54, 1.807) is 0 Å². The molecule has 0 aliphatic heterocycles. The lowest BCUT2D eigenvalue weighted by Crippen LogP contribution is -2.32. The molecule has 1 aromatic rings. The normalized spacial score (nSPS) is 12.3. The SMILES string of the molecule is CCN(CC)c1nc(Cl)nc(N(CC)C(C)Cl)n1. The van der Waals surface area contributed by atoms with Gasteiger partial charge in [0.15, 0.2) is 0 Å². The van der Waals surface area contributed by atoms with Gasteiger partial charge in [-0.15, -0.1) is 0 Å². The van der Waals surface area contributed by atoms with Crippen LogP contribution in [0.4, 0.5) is 11.9 Å². The molecule has 102 valence electrons. The Labute approximate surface area is 118 Å². The van der Waals surface area contributed by atoms with Gasteiger partial charge in [0.05, 0.1) is 0 Å². The number of hydrogen-bond donors (Lipinski definition) is 0. The number of nitrogens with zero attached hydrogens (tertiary/aromatic N) is 5. The van der Waals surface area contributed by atoms with E-state index in [1.165, 1.54) is 0 Å². The summed E-state index contributed by atoms with van der Waals surface area (Å²) in [5, 5.41) is 0.192. The van der Waals surface area contributed by atoms with Gasteiger partial charge in [0.2, 0.25) is 17.2 Å². The molecule has 0 bridgehead atoms. The van der Waals surface area contributed by atoms with Crippen LogP contribution < -0.4 is 9.80 Å². The van der Waals surface area contributed by atoms with E-state index in [9.17, 15) is 0 Å². The van der Waals surface area contributed by atoms with Crippen molar-refractivity contribution in [1.29, 1.82) is 0 Å². The fourth-order valence-electron chi connectivity index (χ4n) is 1.66. The lowest BCUT2D eigenvalue weighted by atomic mass is 10.5. The molecule has 0 amide bonds. The molecule has 1 unspecified atom stereocenters. The van der Waals surface area contributed by atoms with Gasteiger partial charge in [-0.25, -0.2) is 0 Å². The molecular weight excluding hydrogens is 273 g/mol. The highest BCUT2D eigenvalue weighted by Gasteiger charge is 2.17. The van der Waals surface area contributed by atoms with Crippen molar-refractivity contribution in [3.05, 3.63) is 5.28 Å². The Kier molecular flexibility index (Phi) is 5.88. The van der Waals surface area contributed by atoms with Crippen molar-refractivity contribution in [2.24, 2.45) is 0 Å². The maximum Gasteiger partial charge on any atom is 0.232 e. The molecule has 5 nitrogen and oxygen atoms in total. The van der Waals surface area contributed by atoms with Crippen molar-refractivity contribution in [2.75, 3.05) is 29.4 Å². The summed E-state index contributed by atoms with van der Waals surface area (Å²) in [4.78, 5) is 16.6. The lowest BCUT2D eigenvalue weighted by molar-refractivity contribution is 0.752. The molecule has 1 rings (SSSR count). The molecule has 7 heteroatoms. The zero-order valence-electron chi connectivity index (χ0n) is 11.2. The molecule has 0 aliphatic carbocycles. The summed E-state index contributed by atoms with van der Waals surface area (Å²) in [6.07, 6.45) is 0. The molecule has 0 fully saturated rings. The Balaban J connectivity index is 3.14. The van der Waals surface area contributed by atoms with Crippen LogP contribution in [0.25, 0.3) is 0 Å². The van der Waals surface area contributed by atoms with Crippen molar-refractivity contribution >= 4 is 35.1 Å². The van der Waals surface area contributed by atoms with E-state index in [-0.39, 0.29) is 10.8 Å². The van der Waals surface area contributed by atoms with Crippen LogP contribution in [-0.4, -0.2) is 40.1 Å². The maximum absolute atomic E-state index is 6.10. The third-order valence-corrected chi connectivity index (χ3v) is 3.06. The number of anilines is 2. The lowest BCUT2D eigenvalue weighted by Gasteiger charge is -2.25. The van der Waals surface area contributed by atoms with Crippen LogP contribution in [0.1, 0.15) is 27.7 Å². The summed E-state index contributed by atoms with van der Waals surface area (Å²) >= 11 is 12.1. The smallest absolute Gasteiger partial charge is 0.232 e. The standard InChI is InChI=1S/C11H19Cl2N5/c1-5-17(6-2)10-14-9(13)15-11(16-10)18(7-3)8(4)12/h8H,5-7H2,1-4H3. The first-order chi connectivity index (χ1) is 8.53. The molecule has 0 aromatic carbocycles. The van der Waals surface area contributed by atoms with Crippen LogP contribution in [0, 0.1) is 0 Å². The van der Waals surface area contributed by atoms with E-state index in [0.29, 0.717) is 18.4 Å². The van der Waals surface area contributed by atoms with E-state index < -0.39 is 0 Å². The molecule has 0 aliphatic rings. The predicted octanol–water partition coefficient (Wildman–Crippen LogP) is 2.78. The van der Waals surface area contributed by atoms with E-state index in [0.717, 1.165) is 13.1 Å². The first kappa shape index (κ1) is 15.2. The Hall–Kier alpha value is -0.810. The first-order valence-electron chi connectivity index (χ1n) is 6.10. The van der Waals surface area contributed by atoms with E-state index in [4.69, 9.17) is 23.2 Å². The van der Waals surface area contributed by atoms with Crippen LogP contribution in [0.15, 0.2) is 0 Å². The van der Waals surface area contributed by atoms with E-state index >= 15 is 0 Å². The second kappa shape index (κ2) is 6.95. The predicted molar refractivity (Wildman–Crippen MR) is 76.7 cm³/mol. The highest BCUT2D eigenvalue weighted by atomic mass is 35.5. The van der Waals surface area contributed by atoms with Gasteiger partial charge in [-0.05, 0) is 39.3 Å². The van der Waals surface area contributed by atoms with Gasteiger partial charge in [0.1, 0.15) is 5.50 Å². The molecule has 1 heterocycles. The van der Waals surface area contributed by atoms with Crippen LogP contribution in [0.5, 0.6) is 0 Å². The van der Waals surface area contributed by atoms with Gasteiger partial charge >= 0.3 is 0 Å². The van der Waals surface area contributed by atoms with Gasteiger partial charge in [-0.1, -0.05) is 11.6 Å². The van der Waals surface area contributed by atoms with Crippen LogP contribution >= 0.6 is 23.2 Å². The fourth-order valence-corrected chi connectivity index (χ4v) is 2.03. The molecular formula is C11H19Cl2N5. The fraction of sp³-hybridized carbons (Fsp3) is 0.727. The van der Waals surface area contributed by atoms with E-state index in [2.05, 4.69) is 15.0 Å². The Morgan fingerprint density at radius 3 is 2.00 bits per heavy atom. The van der Waals surface area contributed by atoms with Gasteiger partial charge in [0, 0.05) is 19.6 Å². The summed E-state index contributed by atoms with van der Waals surface area (Å²) in [5.41, 5.74) is -0.196. The highest BCUT2D eigenvalue weighted by molar-refractivity contribution is 6.28. The number of alkyl halides is 1. The summed E-state index contributed by atoms with van der Waals surface area (Å²) in [6, 6.07) is 0. The highest BCUT2D eigenvalue weighted by Crippen LogP contribution is 2.19. The van der Waals surface area contributed by atoms with Gasteiger partial charge in [-0.3, -0.25) is 0 Å². The number of halogens is 2. The zero-order chi connectivity index (χ0) is 13.7. The summed E-state index contributed by atoms with van der Waals surface area (Å²) in [5.74, 6) is 1.10. The minimum absolute atomic E-state index is 0.192. The van der Waals surface area contributed by atoms with E-state index in [1.807, 2.05) is 37.5 Å². The second-order valence-corrected chi connectivity index (χ2v) is 4.71.